The maximum atomic E-state index is 12.4. The molecule has 1 saturated carbocycles. The lowest BCUT2D eigenvalue weighted by molar-refractivity contribution is -0.190. The van der Waals surface area contributed by atoms with E-state index in [1.165, 1.54) is 19.2 Å². The van der Waals surface area contributed by atoms with Gasteiger partial charge in [-0.05, 0) is 45.7 Å². The highest BCUT2D eigenvalue weighted by molar-refractivity contribution is 6.20. The van der Waals surface area contributed by atoms with Crippen LogP contribution < -0.4 is 5.32 Å². The van der Waals surface area contributed by atoms with E-state index in [1.807, 2.05) is 0 Å². The fraction of sp³-hybridized carbons (Fsp3) is 0.500. The molecule has 1 fully saturated rings. The van der Waals surface area contributed by atoms with Gasteiger partial charge in [-0.25, -0.2) is 9.59 Å². The van der Waals surface area contributed by atoms with Crippen molar-refractivity contribution in [1.82, 2.24) is 10.4 Å². The molecule has 3 amide bonds. The number of hydrogen-bond acceptors (Lipinski definition) is 7. The number of imide groups is 1. The van der Waals surface area contributed by atoms with E-state index in [2.05, 4.69) is 5.32 Å². The Kier molecular flexibility index (Phi) is 5.36. The normalized spacial score (nSPS) is 23.3. The number of carbonyl (C=O) groups excluding carboxylic acids is 4. The van der Waals surface area contributed by atoms with E-state index in [0.717, 1.165) is 0 Å². The maximum Gasteiger partial charge on any atom is 0.407 e. The number of fused-ring (bicyclic) bond motifs is 1. The summed E-state index contributed by atoms with van der Waals surface area (Å²) >= 11 is 0. The van der Waals surface area contributed by atoms with Gasteiger partial charge in [0.15, 0.2) is 0 Å². The summed E-state index contributed by atoms with van der Waals surface area (Å²) in [5.74, 6) is -2.57. The molecule has 0 atom stereocenters. The number of benzene rings is 1. The molecule has 1 aliphatic heterocycles. The van der Waals surface area contributed by atoms with Gasteiger partial charge in [0, 0.05) is 13.7 Å². The van der Waals surface area contributed by atoms with E-state index in [9.17, 15) is 19.2 Å². The average molecular weight is 404 g/mol. The van der Waals surface area contributed by atoms with Crippen LogP contribution in [0.15, 0.2) is 24.3 Å². The summed E-state index contributed by atoms with van der Waals surface area (Å²) in [5, 5.41) is 3.13. The highest BCUT2D eigenvalue weighted by Crippen LogP contribution is 2.41. The van der Waals surface area contributed by atoms with Crippen LogP contribution in [0.3, 0.4) is 0 Å². The third kappa shape index (κ3) is 4.24. The summed E-state index contributed by atoms with van der Waals surface area (Å²) in [4.78, 5) is 53.9. The van der Waals surface area contributed by atoms with Crippen LogP contribution in [0.5, 0.6) is 0 Å². The molecule has 1 N–H and O–H groups in total. The zero-order valence-corrected chi connectivity index (χ0v) is 16.8. The first-order valence-electron chi connectivity index (χ1n) is 9.27. The van der Waals surface area contributed by atoms with Crippen molar-refractivity contribution in [3.8, 4) is 0 Å². The highest BCUT2D eigenvalue weighted by atomic mass is 16.7. The Hall–Kier alpha value is -2.94. The predicted octanol–water partition coefficient (Wildman–Crippen LogP) is 2.06. The molecule has 1 aromatic rings. The minimum Gasteiger partial charge on any atom is -0.444 e. The van der Waals surface area contributed by atoms with Crippen molar-refractivity contribution in [1.29, 1.82) is 0 Å². The van der Waals surface area contributed by atoms with E-state index < -0.39 is 41.0 Å². The van der Waals surface area contributed by atoms with Gasteiger partial charge < -0.3 is 19.6 Å². The zero-order valence-electron chi connectivity index (χ0n) is 16.8. The molecule has 156 valence electrons. The molecule has 0 bridgehead atoms. The van der Waals surface area contributed by atoms with Crippen LogP contribution in [-0.4, -0.2) is 53.8 Å². The Bertz CT molecular complexity index is 818. The molecule has 3 rings (SSSR count). The van der Waals surface area contributed by atoms with Crippen LogP contribution >= 0.6 is 0 Å². The number of hydroxylamine groups is 2. The Morgan fingerprint density at radius 1 is 1.14 bits per heavy atom. The largest absolute Gasteiger partial charge is 0.444 e. The SMILES string of the molecule is COC1(CNC(=O)OC(C)(C)C)CC(C(=O)ON2C(=O)c3ccccc3C2=O)C1. The molecule has 1 aromatic carbocycles. The van der Waals surface area contributed by atoms with Crippen LogP contribution in [0, 0.1) is 5.92 Å². The number of rotatable bonds is 5. The standard InChI is InChI=1S/C20H24N2O7/c1-19(2,3)28-18(26)21-11-20(27-4)9-12(10-20)17(25)29-22-15(23)13-7-5-6-8-14(13)16(22)24/h5-8,12H,9-11H2,1-4H3,(H,21,26). The molecule has 0 radical (unpaired) electrons. The van der Waals surface area contributed by atoms with Gasteiger partial charge in [-0.2, -0.15) is 0 Å². The second-order valence-electron chi connectivity index (χ2n) is 8.21. The van der Waals surface area contributed by atoms with Crippen LogP contribution in [0.25, 0.3) is 0 Å². The summed E-state index contributed by atoms with van der Waals surface area (Å²) in [5.41, 5.74) is -0.955. The van der Waals surface area contributed by atoms with E-state index in [1.54, 1.807) is 32.9 Å². The summed E-state index contributed by atoms with van der Waals surface area (Å²) in [6, 6.07) is 6.27. The number of hydrogen-bond donors (Lipinski definition) is 1. The first-order chi connectivity index (χ1) is 13.6. The summed E-state index contributed by atoms with van der Waals surface area (Å²) < 4.78 is 10.7. The lowest BCUT2D eigenvalue weighted by atomic mass is 9.70. The molecule has 2 aliphatic rings. The molecule has 29 heavy (non-hydrogen) atoms. The third-order valence-electron chi connectivity index (χ3n) is 4.89. The summed E-state index contributed by atoms with van der Waals surface area (Å²) in [6.45, 7) is 5.43. The zero-order chi connectivity index (χ0) is 21.4. The molecule has 0 spiro atoms. The van der Waals surface area contributed by atoms with Crippen molar-refractivity contribution in [2.75, 3.05) is 13.7 Å². The van der Waals surface area contributed by atoms with Crippen LogP contribution in [0.4, 0.5) is 4.79 Å². The number of ether oxygens (including phenoxy) is 2. The van der Waals surface area contributed by atoms with Crippen molar-refractivity contribution in [2.45, 2.75) is 44.8 Å². The quantitative estimate of drug-likeness (QED) is 0.748. The molecular weight excluding hydrogens is 380 g/mol. The second kappa shape index (κ2) is 7.47. The van der Waals surface area contributed by atoms with E-state index in [4.69, 9.17) is 14.3 Å². The third-order valence-corrected chi connectivity index (χ3v) is 4.89. The van der Waals surface area contributed by atoms with E-state index in [-0.39, 0.29) is 30.5 Å². The van der Waals surface area contributed by atoms with Crippen molar-refractivity contribution in [3.05, 3.63) is 35.4 Å². The number of amides is 3. The van der Waals surface area contributed by atoms with Crippen molar-refractivity contribution < 1.29 is 33.5 Å². The minimum atomic E-state index is -0.734. The molecule has 1 aliphatic carbocycles. The number of carbonyl (C=O) groups is 4. The molecule has 0 saturated heterocycles. The number of alkyl carbamates (subject to hydrolysis) is 1. The Balaban J connectivity index is 1.53. The number of nitrogens with one attached hydrogen (secondary N) is 1. The summed E-state index contributed by atoms with van der Waals surface area (Å²) in [7, 11) is 1.49. The molecule has 0 aromatic heterocycles. The van der Waals surface area contributed by atoms with Gasteiger partial charge in [-0.3, -0.25) is 9.59 Å². The molecule has 9 nitrogen and oxygen atoms in total. The Morgan fingerprint density at radius 2 is 1.69 bits per heavy atom. The molecule has 9 heteroatoms. The van der Waals surface area contributed by atoms with Gasteiger partial charge in [0.2, 0.25) is 0 Å². The second-order valence-corrected chi connectivity index (χ2v) is 8.21. The highest BCUT2D eigenvalue weighted by Gasteiger charge is 2.50. The van der Waals surface area contributed by atoms with Gasteiger partial charge in [0.05, 0.1) is 22.6 Å². The van der Waals surface area contributed by atoms with Crippen LogP contribution in [0.1, 0.15) is 54.3 Å². The fourth-order valence-electron chi connectivity index (χ4n) is 3.35. The topological polar surface area (TPSA) is 111 Å². The lowest BCUT2D eigenvalue weighted by Gasteiger charge is -2.45. The Morgan fingerprint density at radius 3 is 2.17 bits per heavy atom. The van der Waals surface area contributed by atoms with Crippen molar-refractivity contribution in [3.63, 3.8) is 0 Å². The fourth-order valence-corrected chi connectivity index (χ4v) is 3.35. The lowest BCUT2D eigenvalue weighted by Crippen LogP contribution is -2.56. The van der Waals surface area contributed by atoms with Crippen LogP contribution in [0.2, 0.25) is 0 Å². The van der Waals surface area contributed by atoms with E-state index >= 15 is 0 Å². The van der Waals surface area contributed by atoms with Gasteiger partial charge in [-0.1, -0.05) is 17.2 Å². The monoisotopic (exact) mass is 404 g/mol. The van der Waals surface area contributed by atoms with Gasteiger partial charge in [0.25, 0.3) is 11.8 Å². The molecular formula is C20H24N2O7. The van der Waals surface area contributed by atoms with Crippen molar-refractivity contribution in [2.24, 2.45) is 5.92 Å². The number of methoxy groups -OCH3 is 1. The first-order valence-corrected chi connectivity index (χ1v) is 9.27. The first kappa shape index (κ1) is 20.8. The van der Waals surface area contributed by atoms with E-state index in [0.29, 0.717) is 5.06 Å². The molecule has 0 unspecified atom stereocenters. The van der Waals surface area contributed by atoms with Gasteiger partial charge in [0.1, 0.15) is 5.60 Å². The minimum absolute atomic E-state index is 0.162. The van der Waals surface area contributed by atoms with Gasteiger partial charge in [-0.15, -0.1) is 0 Å². The average Bonchev–Trinajstić information content (AvgIpc) is 2.85. The predicted molar refractivity (Wildman–Crippen MR) is 99.7 cm³/mol. The molecule has 1 heterocycles. The maximum absolute atomic E-state index is 12.4. The smallest absolute Gasteiger partial charge is 0.407 e. The Labute approximate surface area is 168 Å². The van der Waals surface area contributed by atoms with Crippen LogP contribution in [-0.2, 0) is 19.1 Å². The summed E-state index contributed by atoms with van der Waals surface area (Å²) in [6.07, 6.45) is -0.0197. The van der Waals surface area contributed by atoms with Crippen molar-refractivity contribution >= 4 is 23.9 Å². The van der Waals surface area contributed by atoms with Gasteiger partial charge >= 0.3 is 12.1 Å². The number of nitrogens with zero attached hydrogens (tertiary/aromatic N) is 1.